The molecule has 0 saturated heterocycles. The second kappa shape index (κ2) is 13.7. The average Bonchev–Trinajstić information content (AvgIpc) is 4.15. The summed E-state index contributed by atoms with van der Waals surface area (Å²) in [6, 6.07) is 0. The number of ether oxygens (including phenoxy) is 2. The molecule has 0 aromatic rings. The molecular formula is C48H66O6. The van der Waals surface area contributed by atoms with Crippen molar-refractivity contribution in [2.45, 2.75) is 115 Å². The molecule has 294 valence electrons. The van der Waals surface area contributed by atoms with Gasteiger partial charge in [0.1, 0.15) is 12.2 Å². The zero-order valence-electron chi connectivity index (χ0n) is 33.3. The van der Waals surface area contributed by atoms with E-state index in [0.717, 1.165) is 80.6 Å². The summed E-state index contributed by atoms with van der Waals surface area (Å²) in [6.07, 6.45) is 29.2. The topological polar surface area (TPSA) is 99.4 Å². The van der Waals surface area contributed by atoms with Crippen LogP contribution in [-0.2, 0) is 9.47 Å². The van der Waals surface area contributed by atoms with Crippen LogP contribution >= 0.6 is 0 Å². The van der Waals surface area contributed by atoms with E-state index in [-0.39, 0.29) is 24.0 Å². The Bertz CT molecular complexity index is 1710. The highest BCUT2D eigenvalue weighted by Crippen LogP contribution is 2.78. The summed E-state index contributed by atoms with van der Waals surface area (Å²) in [6.45, 7) is 4.41. The van der Waals surface area contributed by atoms with Gasteiger partial charge in [0.25, 0.3) is 0 Å². The van der Waals surface area contributed by atoms with Crippen molar-refractivity contribution in [2.75, 3.05) is 27.4 Å². The van der Waals surface area contributed by atoms with Crippen LogP contribution in [0.25, 0.3) is 0 Å². The van der Waals surface area contributed by atoms with Crippen LogP contribution in [0, 0.1) is 93.7 Å². The van der Waals surface area contributed by atoms with Crippen molar-refractivity contribution in [3.8, 4) is 11.8 Å². The summed E-state index contributed by atoms with van der Waals surface area (Å²) in [5.74, 6) is 15.9. The van der Waals surface area contributed by atoms with Crippen LogP contribution in [0.4, 0.5) is 0 Å². The van der Waals surface area contributed by atoms with Crippen LogP contribution in [0.2, 0.25) is 0 Å². The van der Waals surface area contributed by atoms with Crippen LogP contribution in [0.15, 0.2) is 59.1 Å². The van der Waals surface area contributed by atoms with Crippen molar-refractivity contribution in [1.82, 2.24) is 0 Å². The van der Waals surface area contributed by atoms with Gasteiger partial charge in [0, 0.05) is 29.6 Å². The molecule has 54 heavy (non-hydrogen) atoms. The van der Waals surface area contributed by atoms with Crippen LogP contribution in [0.5, 0.6) is 0 Å². The van der Waals surface area contributed by atoms with Crippen molar-refractivity contribution < 1.29 is 29.9 Å². The minimum absolute atomic E-state index is 0.0148. The molecule has 6 heteroatoms. The van der Waals surface area contributed by atoms with Crippen molar-refractivity contribution in [1.29, 1.82) is 0 Å². The fraction of sp³-hybridized carbons (Fsp3) is 0.750. The molecule has 0 aromatic heterocycles. The van der Waals surface area contributed by atoms with Gasteiger partial charge in [-0.2, -0.15) is 0 Å². The molecule has 0 amide bonds. The Morgan fingerprint density at radius 2 is 1.26 bits per heavy atom. The number of fused-ring (bicyclic) bond motifs is 14. The lowest BCUT2D eigenvalue weighted by Gasteiger charge is -2.57. The molecule has 6 unspecified atom stereocenters. The minimum Gasteiger partial charge on any atom is -0.501 e. The molecule has 0 aromatic carbocycles. The van der Waals surface area contributed by atoms with Crippen molar-refractivity contribution in [3.63, 3.8) is 0 Å². The van der Waals surface area contributed by atoms with Gasteiger partial charge < -0.3 is 29.9 Å². The minimum atomic E-state index is -0.884. The average molecular weight is 739 g/mol. The molecule has 4 N–H and O–H groups in total. The van der Waals surface area contributed by atoms with Gasteiger partial charge in [-0.1, -0.05) is 50.0 Å². The zero-order chi connectivity index (χ0) is 37.6. The van der Waals surface area contributed by atoms with E-state index < -0.39 is 11.2 Å². The number of allylic oxidation sites excluding steroid dienone is 8. The maximum absolute atomic E-state index is 11.8. The predicted molar refractivity (Wildman–Crippen MR) is 210 cm³/mol. The predicted octanol–water partition coefficient (Wildman–Crippen LogP) is 7.90. The number of methoxy groups -OCH3 is 2. The number of rotatable bonds is 6. The number of hydrogen-bond acceptors (Lipinski definition) is 6. The Morgan fingerprint density at radius 1 is 0.722 bits per heavy atom. The molecule has 6 fully saturated rings. The van der Waals surface area contributed by atoms with E-state index in [2.05, 4.69) is 50.0 Å². The first kappa shape index (κ1) is 37.3. The quantitative estimate of drug-likeness (QED) is 0.164. The largest absolute Gasteiger partial charge is 0.501 e. The smallest absolute Gasteiger partial charge is 0.134 e. The molecule has 6 saturated carbocycles. The van der Waals surface area contributed by atoms with Crippen LogP contribution in [0.1, 0.15) is 104 Å². The molecule has 0 radical (unpaired) electrons. The molecule has 0 bridgehead atoms. The van der Waals surface area contributed by atoms with E-state index in [4.69, 9.17) is 9.47 Å². The van der Waals surface area contributed by atoms with Gasteiger partial charge in [0.15, 0.2) is 0 Å². The van der Waals surface area contributed by atoms with E-state index in [1.54, 1.807) is 20.3 Å². The fourth-order valence-electron chi connectivity index (χ4n) is 16.1. The lowest BCUT2D eigenvalue weighted by atomic mass is 9.48. The molecule has 0 heterocycles. The molecule has 0 aliphatic heterocycles. The summed E-state index contributed by atoms with van der Waals surface area (Å²) < 4.78 is 11.0. The Hall–Kier alpha value is -2.30. The first-order valence-corrected chi connectivity index (χ1v) is 21.9. The second-order valence-corrected chi connectivity index (χ2v) is 19.3. The standard InChI is InChI=1S/C24H34O3.C24H32O3/c2*1-3-23-11-9-18-17-8-6-16(27-2)13-15(17)5-7-19(18)22(23)20-14-21(20)24(23,26)10-4-12-25/h4-5,10,13,17-22,25-26H,3,6-9,11-12,14H2,1-2H3;5,13,17-22,25-26H,3,6-9,11-12,14H2,1-2H3/b10-4-;/t2*17-,18?,19?,20+,21-,22?,23-,24-/m00/s1. The Kier molecular flexibility index (Phi) is 9.44. The molecule has 10 aliphatic carbocycles. The first-order chi connectivity index (χ1) is 26.2. The molecule has 6 nitrogen and oxygen atoms in total. The molecule has 0 spiro atoms. The van der Waals surface area contributed by atoms with Crippen LogP contribution < -0.4 is 0 Å². The van der Waals surface area contributed by atoms with E-state index in [9.17, 15) is 20.4 Å². The highest BCUT2D eigenvalue weighted by molar-refractivity contribution is 5.38. The maximum atomic E-state index is 11.8. The van der Waals surface area contributed by atoms with Crippen molar-refractivity contribution >= 4 is 0 Å². The normalized spacial score (nSPS) is 49.8. The fourth-order valence-corrected chi connectivity index (χ4v) is 16.1. The third kappa shape index (κ3) is 5.12. The summed E-state index contributed by atoms with van der Waals surface area (Å²) in [7, 11) is 3.58. The number of aliphatic hydroxyl groups excluding tert-OH is 2. The monoisotopic (exact) mass is 738 g/mol. The highest BCUT2D eigenvalue weighted by atomic mass is 16.5. The van der Waals surface area contributed by atoms with Crippen molar-refractivity contribution in [3.05, 3.63) is 59.1 Å². The van der Waals surface area contributed by atoms with Gasteiger partial charge in [0.2, 0.25) is 0 Å². The Morgan fingerprint density at radius 3 is 1.80 bits per heavy atom. The lowest BCUT2D eigenvalue weighted by molar-refractivity contribution is -0.121. The lowest BCUT2D eigenvalue weighted by Crippen LogP contribution is -2.55. The third-order valence-corrected chi connectivity index (χ3v) is 18.2. The van der Waals surface area contributed by atoms with Crippen LogP contribution in [-0.4, -0.2) is 59.1 Å². The van der Waals surface area contributed by atoms with Gasteiger partial charge in [-0.25, -0.2) is 0 Å². The summed E-state index contributed by atoms with van der Waals surface area (Å²) >= 11 is 0. The van der Waals surface area contributed by atoms with Gasteiger partial charge in [-0.3, -0.25) is 0 Å². The first-order valence-electron chi connectivity index (χ1n) is 21.9. The summed E-state index contributed by atoms with van der Waals surface area (Å²) in [5.41, 5.74) is 1.38. The SMILES string of the molecule is CC[C@]12CCC3C(CC=C4C=C(OC)CC[C@@H]43)C1[C@@H]1C[C@@H]1[C@@]2(O)/C=C\CO.CC[C@]12CCC3C(CC=C4C=C(OC)CC[C@@H]43)C1[C@@H]1C[C@@H]1[C@@]2(O)C#CCO. The molecule has 10 rings (SSSR count). The van der Waals surface area contributed by atoms with E-state index in [1.165, 1.54) is 49.7 Å². The van der Waals surface area contributed by atoms with Gasteiger partial charge in [-0.15, -0.1) is 0 Å². The Labute approximate surface area is 324 Å². The van der Waals surface area contributed by atoms with Gasteiger partial charge in [0.05, 0.1) is 37.9 Å². The molecule has 16 atom stereocenters. The summed E-state index contributed by atoms with van der Waals surface area (Å²) in [4.78, 5) is 0. The zero-order valence-corrected chi connectivity index (χ0v) is 33.3. The van der Waals surface area contributed by atoms with Crippen molar-refractivity contribution in [2.24, 2.45) is 81.8 Å². The number of hydrogen-bond donors (Lipinski definition) is 4. The van der Waals surface area contributed by atoms with Gasteiger partial charge >= 0.3 is 0 Å². The summed E-state index contributed by atoms with van der Waals surface area (Å²) in [5, 5.41) is 42.1. The van der Waals surface area contributed by atoms with E-state index in [1.807, 2.05) is 6.08 Å². The second-order valence-electron chi connectivity index (χ2n) is 19.3. The van der Waals surface area contributed by atoms with Gasteiger partial charge in [-0.05, 0) is 165 Å². The number of aliphatic hydroxyl groups is 4. The highest BCUT2D eigenvalue weighted by Gasteiger charge is 2.77. The van der Waals surface area contributed by atoms with E-state index in [0.29, 0.717) is 53.3 Å². The van der Waals surface area contributed by atoms with E-state index >= 15 is 0 Å². The maximum Gasteiger partial charge on any atom is 0.134 e. The molecule has 10 aliphatic rings. The third-order valence-electron chi connectivity index (χ3n) is 18.2. The Balaban J connectivity index is 0.000000142. The van der Waals surface area contributed by atoms with Crippen LogP contribution in [0.3, 0.4) is 0 Å². The molecular weight excluding hydrogens is 673 g/mol.